The second kappa shape index (κ2) is 4.58. The monoisotopic (exact) mass is 319 g/mol. The summed E-state index contributed by atoms with van der Waals surface area (Å²) in [6.45, 7) is 4.68. The molecule has 2 aliphatic carbocycles. The minimum Gasteiger partial charge on any atom is -0.468 e. The van der Waals surface area contributed by atoms with E-state index >= 15 is 0 Å². The average Bonchev–Trinajstić information content (AvgIpc) is 2.65. The van der Waals surface area contributed by atoms with Crippen LogP contribution in [0.3, 0.4) is 0 Å². The van der Waals surface area contributed by atoms with Gasteiger partial charge in [0.05, 0.1) is 7.11 Å². The van der Waals surface area contributed by atoms with Gasteiger partial charge in [0.25, 0.3) is 0 Å². The van der Waals surface area contributed by atoms with Crippen molar-refractivity contribution in [3.05, 3.63) is 0 Å². The van der Waals surface area contributed by atoms with Crippen LogP contribution in [-0.4, -0.2) is 42.3 Å². The van der Waals surface area contributed by atoms with E-state index in [0.717, 1.165) is 25.7 Å². The van der Waals surface area contributed by atoms with E-state index < -0.39 is 16.8 Å². The van der Waals surface area contributed by atoms with Crippen LogP contribution in [0.4, 0.5) is 0 Å². The Hall–Kier alpha value is -1.39. The van der Waals surface area contributed by atoms with Gasteiger partial charge < -0.3 is 9.64 Å². The average molecular weight is 319 g/mol. The smallest absolute Gasteiger partial charge is 0.322 e. The van der Waals surface area contributed by atoms with Crippen molar-refractivity contribution in [3.63, 3.8) is 0 Å². The number of rotatable bonds is 1. The molecular formula is C18H25NO4. The molecule has 4 aliphatic rings. The zero-order valence-corrected chi connectivity index (χ0v) is 14.1. The number of methoxy groups -OCH3 is 1. The summed E-state index contributed by atoms with van der Waals surface area (Å²) in [7, 11) is 1.36. The topological polar surface area (TPSA) is 63.7 Å². The summed E-state index contributed by atoms with van der Waals surface area (Å²) in [5.41, 5.74) is -1.76. The predicted octanol–water partition coefficient (Wildman–Crippen LogP) is 1.79. The molecular weight excluding hydrogens is 294 g/mol. The third kappa shape index (κ3) is 1.47. The fourth-order valence-electron chi connectivity index (χ4n) is 6.34. The molecule has 0 unspecified atom stereocenters. The zero-order valence-electron chi connectivity index (χ0n) is 14.1. The second-order valence-electron chi connectivity index (χ2n) is 8.17. The Balaban J connectivity index is 1.97. The summed E-state index contributed by atoms with van der Waals surface area (Å²) >= 11 is 0. The van der Waals surface area contributed by atoms with E-state index in [4.69, 9.17) is 4.74 Å². The molecule has 4 fully saturated rings. The number of fused-ring (bicyclic) bond motifs is 1. The van der Waals surface area contributed by atoms with Crippen molar-refractivity contribution >= 4 is 17.7 Å². The van der Waals surface area contributed by atoms with Crippen LogP contribution in [0.1, 0.15) is 46.0 Å². The van der Waals surface area contributed by atoms with Gasteiger partial charge in [-0.2, -0.15) is 0 Å². The highest BCUT2D eigenvalue weighted by atomic mass is 16.5. The molecule has 1 amide bonds. The van der Waals surface area contributed by atoms with Crippen molar-refractivity contribution in [3.8, 4) is 0 Å². The number of nitrogens with zero attached hydrogens (tertiary/aromatic N) is 1. The highest BCUT2D eigenvalue weighted by Crippen LogP contribution is 2.66. The van der Waals surface area contributed by atoms with Crippen LogP contribution in [0, 0.1) is 28.6 Å². The molecule has 0 spiro atoms. The van der Waals surface area contributed by atoms with E-state index in [1.807, 2.05) is 11.8 Å². The van der Waals surface area contributed by atoms with E-state index in [1.165, 1.54) is 7.11 Å². The molecule has 0 aromatic carbocycles. The van der Waals surface area contributed by atoms with E-state index in [-0.39, 0.29) is 29.7 Å². The standard InChI is InChI=1S/C18H25NO4/c1-10-9-19-13-8-11(10)14(20)12-6-4-5-7-18(15(19)21,16(22)23-3)17(12,13)2/h10-13H,4-9H2,1-3H3/t10-,11-,12+,13-,17+,18-/m1/s1. The number of amides is 1. The maximum Gasteiger partial charge on any atom is 0.322 e. The van der Waals surface area contributed by atoms with E-state index in [0.29, 0.717) is 18.7 Å². The maximum absolute atomic E-state index is 13.4. The molecule has 0 aromatic rings. The van der Waals surface area contributed by atoms with Gasteiger partial charge >= 0.3 is 5.97 Å². The van der Waals surface area contributed by atoms with Gasteiger partial charge in [0.1, 0.15) is 5.78 Å². The van der Waals surface area contributed by atoms with Gasteiger partial charge in [0.2, 0.25) is 5.91 Å². The molecule has 2 bridgehead atoms. The van der Waals surface area contributed by atoms with Gasteiger partial charge in [0.15, 0.2) is 5.41 Å². The third-order valence-corrected chi connectivity index (χ3v) is 7.52. The van der Waals surface area contributed by atoms with E-state index in [9.17, 15) is 14.4 Å². The Morgan fingerprint density at radius 2 is 2.04 bits per heavy atom. The van der Waals surface area contributed by atoms with Gasteiger partial charge in [-0.15, -0.1) is 0 Å². The first-order chi connectivity index (χ1) is 10.9. The summed E-state index contributed by atoms with van der Waals surface area (Å²) in [6.07, 6.45) is 3.75. The molecule has 6 atom stereocenters. The number of ether oxygens (including phenoxy) is 1. The Morgan fingerprint density at radius 3 is 2.74 bits per heavy atom. The fraction of sp³-hybridized carbons (Fsp3) is 0.833. The minimum absolute atomic E-state index is 0.0103. The first-order valence-corrected chi connectivity index (χ1v) is 8.82. The van der Waals surface area contributed by atoms with Crippen molar-refractivity contribution in [2.24, 2.45) is 28.6 Å². The third-order valence-electron chi connectivity index (χ3n) is 7.52. The van der Waals surface area contributed by atoms with Gasteiger partial charge in [-0.25, -0.2) is 0 Å². The molecule has 0 radical (unpaired) electrons. The Bertz CT molecular complexity index is 602. The number of esters is 1. The van der Waals surface area contributed by atoms with Crippen LogP contribution in [0.15, 0.2) is 0 Å². The molecule has 2 saturated heterocycles. The Morgan fingerprint density at radius 1 is 1.30 bits per heavy atom. The van der Waals surface area contributed by atoms with Crippen molar-refractivity contribution in [1.82, 2.24) is 4.90 Å². The van der Waals surface area contributed by atoms with Crippen LogP contribution in [0.2, 0.25) is 0 Å². The summed E-state index contributed by atoms with van der Waals surface area (Å²) in [5.74, 6) is -0.171. The number of hydrogen-bond donors (Lipinski definition) is 0. The van der Waals surface area contributed by atoms with Crippen LogP contribution >= 0.6 is 0 Å². The Kier molecular flexibility index (Phi) is 3.02. The SMILES string of the molecule is COC(=O)[C@@]12CCCC[C@H]3C(=O)[C@@H]4C[C@@H](N(C[C@H]4C)C1=O)[C@]32C. The largest absolute Gasteiger partial charge is 0.468 e. The molecule has 5 heteroatoms. The first-order valence-electron chi connectivity index (χ1n) is 8.82. The zero-order chi connectivity index (χ0) is 16.6. The minimum atomic E-state index is -1.15. The summed E-state index contributed by atoms with van der Waals surface area (Å²) in [6, 6.07) is 0.0103. The number of carbonyl (C=O) groups is 3. The lowest BCUT2D eigenvalue weighted by atomic mass is 9.49. The fourth-order valence-corrected chi connectivity index (χ4v) is 6.34. The lowest BCUT2D eigenvalue weighted by Crippen LogP contribution is -2.61. The van der Waals surface area contributed by atoms with Crippen LogP contribution in [0.25, 0.3) is 0 Å². The first kappa shape index (κ1) is 15.2. The lowest BCUT2D eigenvalue weighted by Gasteiger charge is -2.54. The number of piperidine rings is 1. The van der Waals surface area contributed by atoms with Gasteiger partial charge in [-0.1, -0.05) is 26.7 Å². The molecule has 2 saturated carbocycles. The summed E-state index contributed by atoms with van der Waals surface area (Å²) < 4.78 is 5.12. The van der Waals surface area contributed by atoms with Crippen molar-refractivity contribution < 1.29 is 19.1 Å². The number of Topliss-reactive ketones (excluding diaryl/α,β-unsaturated/α-hetero) is 1. The second-order valence-corrected chi connectivity index (χ2v) is 8.17. The lowest BCUT2D eigenvalue weighted by molar-refractivity contribution is -0.170. The highest BCUT2D eigenvalue weighted by molar-refractivity contribution is 6.07. The molecule has 0 aromatic heterocycles. The molecule has 126 valence electrons. The van der Waals surface area contributed by atoms with Crippen LogP contribution in [-0.2, 0) is 19.1 Å². The van der Waals surface area contributed by atoms with Crippen molar-refractivity contribution in [1.29, 1.82) is 0 Å². The Labute approximate surface area is 136 Å². The van der Waals surface area contributed by atoms with Gasteiger partial charge in [0, 0.05) is 29.8 Å². The molecule has 2 heterocycles. The van der Waals surface area contributed by atoms with Gasteiger partial charge in [-0.3, -0.25) is 14.4 Å². The van der Waals surface area contributed by atoms with Crippen LogP contribution in [0.5, 0.6) is 0 Å². The normalized spacial score (nSPS) is 48.2. The van der Waals surface area contributed by atoms with Gasteiger partial charge in [-0.05, 0) is 25.2 Å². The highest BCUT2D eigenvalue weighted by Gasteiger charge is 2.77. The molecule has 2 aliphatic heterocycles. The van der Waals surface area contributed by atoms with E-state index in [2.05, 4.69) is 6.92 Å². The number of carbonyl (C=O) groups excluding carboxylic acids is 3. The maximum atomic E-state index is 13.4. The molecule has 5 nitrogen and oxygen atoms in total. The number of ketones is 1. The number of hydrogen-bond acceptors (Lipinski definition) is 4. The van der Waals surface area contributed by atoms with E-state index in [1.54, 1.807) is 0 Å². The molecule has 0 N–H and O–H groups in total. The summed E-state index contributed by atoms with van der Waals surface area (Å²) in [4.78, 5) is 41.3. The molecule has 4 rings (SSSR count). The quantitative estimate of drug-likeness (QED) is 0.546. The van der Waals surface area contributed by atoms with Crippen molar-refractivity contribution in [2.45, 2.75) is 52.0 Å². The van der Waals surface area contributed by atoms with Crippen molar-refractivity contribution in [2.75, 3.05) is 13.7 Å². The predicted molar refractivity (Wildman–Crippen MR) is 82.3 cm³/mol. The molecule has 23 heavy (non-hydrogen) atoms. The van der Waals surface area contributed by atoms with Crippen LogP contribution < -0.4 is 0 Å². The summed E-state index contributed by atoms with van der Waals surface area (Å²) in [5, 5.41) is 0.